The van der Waals surface area contributed by atoms with Crippen molar-refractivity contribution in [2.75, 3.05) is 5.32 Å². The fourth-order valence-electron chi connectivity index (χ4n) is 3.16. The van der Waals surface area contributed by atoms with Crippen LogP contribution in [0.3, 0.4) is 0 Å². The van der Waals surface area contributed by atoms with Crippen LogP contribution in [0.4, 0.5) is 15.8 Å². The van der Waals surface area contributed by atoms with E-state index in [1.807, 2.05) is 30.3 Å². The summed E-state index contributed by atoms with van der Waals surface area (Å²) in [4.78, 5) is 17.1. The summed E-state index contributed by atoms with van der Waals surface area (Å²) >= 11 is 6.72. The van der Waals surface area contributed by atoms with Gasteiger partial charge in [0.1, 0.15) is 5.82 Å². The fraction of sp³-hybridized carbons (Fsp3) is 0.136. The van der Waals surface area contributed by atoms with Gasteiger partial charge < -0.3 is 10.4 Å². The van der Waals surface area contributed by atoms with E-state index >= 15 is 0 Å². The van der Waals surface area contributed by atoms with E-state index in [9.17, 15) is 14.3 Å². The number of nitrogens with one attached hydrogen (secondary N) is 1. The molecule has 0 saturated heterocycles. The van der Waals surface area contributed by atoms with Gasteiger partial charge in [-0.25, -0.2) is 4.39 Å². The number of carbonyl (C=O) groups is 1. The third-order valence-electron chi connectivity index (χ3n) is 4.65. The molecule has 0 atom stereocenters. The summed E-state index contributed by atoms with van der Waals surface area (Å²) in [6, 6.07) is 13.4. The van der Waals surface area contributed by atoms with Crippen LogP contribution in [0.1, 0.15) is 23.3 Å². The number of aliphatic imine (C=N–C) groups is 1. The van der Waals surface area contributed by atoms with Gasteiger partial charge in [0.2, 0.25) is 11.8 Å². The highest BCUT2D eigenvalue weighted by molar-refractivity contribution is 7.73. The van der Waals surface area contributed by atoms with Crippen molar-refractivity contribution in [2.24, 2.45) is 4.99 Å². The first-order valence-electron chi connectivity index (χ1n) is 9.34. The minimum absolute atomic E-state index is 0.0919. The molecule has 2 heterocycles. The van der Waals surface area contributed by atoms with Crippen LogP contribution in [-0.2, 0) is 11.3 Å². The quantitative estimate of drug-likeness (QED) is 0.477. The lowest BCUT2D eigenvalue weighted by molar-refractivity contribution is -0.116. The summed E-state index contributed by atoms with van der Waals surface area (Å²) in [7, 11) is 0. The molecule has 0 spiro atoms. The van der Waals surface area contributed by atoms with E-state index in [-0.39, 0.29) is 24.0 Å². The van der Waals surface area contributed by atoms with Gasteiger partial charge in [0.05, 0.1) is 10.6 Å². The minimum Gasteiger partial charge on any atom is -0.493 e. The number of hydrogen-bond donors (Lipinski definition) is 2. The number of anilines is 1. The third kappa shape index (κ3) is 4.39. The minimum atomic E-state index is -0.353. The molecule has 0 bridgehead atoms. The van der Waals surface area contributed by atoms with E-state index in [1.165, 1.54) is 35.6 Å². The van der Waals surface area contributed by atoms with Gasteiger partial charge in [-0.1, -0.05) is 18.2 Å². The maximum Gasteiger partial charge on any atom is 0.224 e. The molecule has 0 unspecified atom stereocenters. The topological polar surface area (TPSA) is 66.6 Å². The predicted octanol–water partition coefficient (Wildman–Crippen LogP) is 5.80. The molecule has 5 nitrogen and oxygen atoms in total. The van der Waals surface area contributed by atoms with Crippen molar-refractivity contribution in [3.63, 3.8) is 0 Å². The number of amides is 1. The molecule has 0 fully saturated rings. The number of para-hydroxylation sites is 1. The molecule has 30 heavy (non-hydrogen) atoms. The number of hydrogen-bond acceptors (Lipinski definition) is 5. The van der Waals surface area contributed by atoms with Crippen molar-refractivity contribution < 1.29 is 14.3 Å². The van der Waals surface area contributed by atoms with Gasteiger partial charge in [-0.2, -0.15) is 0 Å². The second-order valence-corrected chi connectivity index (χ2v) is 8.42. The van der Waals surface area contributed by atoms with Crippen LogP contribution in [0.15, 0.2) is 53.5 Å². The highest BCUT2D eigenvalue weighted by Crippen LogP contribution is 2.35. The fourth-order valence-corrected chi connectivity index (χ4v) is 4.47. The maximum absolute atomic E-state index is 12.9. The number of rotatable bonds is 6. The largest absolute Gasteiger partial charge is 0.493 e. The number of fused-ring (bicyclic) bond motifs is 1. The summed E-state index contributed by atoms with van der Waals surface area (Å²) in [5, 5.41) is 13.3. The van der Waals surface area contributed by atoms with Gasteiger partial charge in [0.15, 0.2) is 3.95 Å². The van der Waals surface area contributed by atoms with Crippen LogP contribution in [0.25, 0.3) is 11.6 Å². The van der Waals surface area contributed by atoms with Crippen molar-refractivity contribution >= 4 is 58.7 Å². The predicted molar refractivity (Wildman–Crippen MR) is 122 cm³/mol. The van der Waals surface area contributed by atoms with E-state index in [4.69, 9.17) is 12.2 Å². The monoisotopic (exact) mass is 439 g/mol. The smallest absolute Gasteiger partial charge is 0.224 e. The van der Waals surface area contributed by atoms with E-state index in [0.29, 0.717) is 27.5 Å². The number of carbonyl (C=O) groups excluding carboxylic acids is 1. The zero-order valence-electron chi connectivity index (χ0n) is 15.8. The van der Waals surface area contributed by atoms with Crippen molar-refractivity contribution in [1.82, 2.24) is 4.57 Å². The first-order chi connectivity index (χ1) is 14.5. The first kappa shape index (κ1) is 20.2. The summed E-state index contributed by atoms with van der Waals surface area (Å²) in [6.45, 7) is 0.422. The second kappa shape index (κ2) is 8.73. The molecule has 0 radical (unpaired) electrons. The molecular formula is C22H18FN3O2S2. The van der Waals surface area contributed by atoms with Gasteiger partial charge in [0, 0.05) is 36.0 Å². The normalized spacial score (nSPS) is 13.6. The number of nitrogens with zero attached hydrogens (tertiary/aromatic N) is 2. The molecular weight excluding hydrogens is 421 g/mol. The van der Waals surface area contributed by atoms with Gasteiger partial charge in [-0.3, -0.25) is 14.4 Å². The molecule has 1 aromatic heterocycles. The van der Waals surface area contributed by atoms with Crippen molar-refractivity contribution in [3.05, 3.63) is 68.7 Å². The highest BCUT2D eigenvalue weighted by atomic mass is 32.1. The number of thiazole rings is 1. The standard InChI is InChI=1S/C22H18FN3O2S2/c23-15-7-9-16(10-8-15)25-20(27)6-3-11-26-21(28)19(30-22(26)29)12-14-13-24-18-5-2-1-4-17(14)18/h1-2,4-5,7-10,12-13,28H,3,6,11H2,(H,25,27)/b14-12+. The van der Waals surface area contributed by atoms with Gasteiger partial charge >= 0.3 is 0 Å². The lowest BCUT2D eigenvalue weighted by Crippen LogP contribution is -2.12. The molecule has 8 heteroatoms. The Balaban J connectivity index is 1.40. The Kier molecular flexibility index (Phi) is 5.87. The second-order valence-electron chi connectivity index (χ2n) is 6.74. The molecule has 2 N–H and O–H groups in total. The van der Waals surface area contributed by atoms with Gasteiger partial charge in [0.25, 0.3) is 0 Å². The number of aromatic hydroxyl groups is 1. The Morgan fingerprint density at radius 1 is 1.23 bits per heavy atom. The van der Waals surface area contributed by atoms with Crippen LogP contribution >= 0.6 is 23.6 Å². The van der Waals surface area contributed by atoms with Crippen LogP contribution < -0.4 is 5.32 Å². The Bertz CT molecular complexity index is 1210. The maximum atomic E-state index is 12.9. The number of allylic oxidation sites excluding steroid dienone is 1. The average molecular weight is 440 g/mol. The Labute approximate surface area is 181 Å². The highest BCUT2D eigenvalue weighted by Gasteiger charge is 2.15. The summed E-state index contributed by atoms with van der Waals surface area (Å²) in [5.41, 5.74) is 3.38. The lowest BCUT2D eigenvalue weighted by atomic mass is 10.1. The Hall–Kier alpha value is -3.10. The molecule has 4 rings (SSSR count). The molecule has 1 aliphatic rings. The summed E-state index contributed by atoms with van der Waals surface area (Å²) in [5.74, 6) is -0.438. The lowest BCUT2D eigenvalue weighted by Gasteiger charge is -2.07. The zero-order valence-corrected chi connectivity index (χ0v) is 17.5. The van der Waals surface area contributed by atoms with Crippen molar-refractivity contribution in [1.29, 1.82) is 0 Å². The molecule has 0 saturated carbocycles. The molecule has 2 aromatic carbocycles. The Morgan fingerprint density at radius 3 is 2.80 bits per heavy atom. The van der Waals surface area contributed by atoms with E-state index in [2.05, 4.69) is 10.3 Å². The molecule has 1 aliphatic heterocycles. The van der Waals surface area contributed by atoms with Crippen LogP contribution in [0.2, 0.25) is 0 Å². The molecule has 152 valence electrons. The van der Waals surface area contributed by atoms with Gasteiger partial charge in [-0.15, -0.1) is 11.3 Å². The molecule has 0 aliphatic carbocycles. The Morgan fingerprint density at radius 2 is 2.00 bits per heavy atom. The molecule has 3 aromatic rings. The van der Waals surface area contributed by atoms with Crippen molar-refractivity contribution in [3.8, 4) is 5.88 Å². The van der Waals surface area contributed by atoms with Crippen LogP contribution in [0.5, 0.6) is 5.88 Å². The average Bonchev–Trinajstić information content (AvgIpc) is 3.26. The first-order valence-corrected chi connectivity index (χ1v) is 10.6. The number of benzene rings is 2. The van der Waals surface area contributed by atoms with E-state index < -0.39 is 0 Å². The van der Waals surface area contributed by atoms with Crippen molar-refractivity contribution in [2.45, 2.75) is 19.4 Å². The van der Waals surface area contributed by atoms with E-state index in [0.717, 1.165) is 16.8 Å². The van der Waals surface area contributed by atoms with Crippen LogP contribution in [-0.4, -0.2) is 21.8 Å². The van der Waals surface area contributed by atoms with Crippen LogP contribution in [0, 0.1) is 9.77 Å². The van der Waals surface area contributed by atoms with E-state index in [1.54, 1.807) is 10.8 Å². The van der Waals surface area contributed by atoms with Gasteiger partial charge in [-0.05, 0) is 55.0 Å². The SMILES string of the molecule is O=C(CCCn1c(O)c(/C=C2\C=Nc3ccccc32)sc1=S)Nc1ccc(F)cc1. The molecule has 1 amide bonds. The summed E-state index contributed by atoms with van der Waals surface area (Å²) in [6.07, 6.45) is 4.41. The number of halogens is 1. The summed E-state index contributed by atoms with van der Waals surface area (Å²) < 4.78 is 15.1. The zero-order chi connectivity index (χ0) is 21.1. The number of aromatic nitrogens is 1. The third-order valence-corrected chi connectivity index (χ3v) is 6.04.